The zero-order valence-electron chi connectivity index (χ0n) is 18.0. The summed E-state index contributed by atoms with van der Waals surface area (Å²) in [5.74, 6) is -1.28. The van der Waals surface area contributed by atoms with Crippen LogP contribution in [0.5, 0.6) is 5.75 Å². The molecule has 2 aromatic carbocycles. The molecule has 1 amide bonds. The third kappa shape index (κ3) is 4.76. The quantitative estimate of drug-likeness (QED) is 0.333. The molecule has 4 aromatic rings. The maximum atomic E-state index is 14.2. The molecule has 170 valence electrons. The number of fused-ring (bicyclic) bond motifs is 1. The van der Waals surface area contributed by atoms with E-state index in [2.05, 4.69) is 25.6 Å². The number of benzene rings is 2. The number of ether oxygens (including phenoxy) is 1. The van der Waals surface area contributed by atoms with Gasteiger partial charge in [0.1, 0.15) is 5.82 Å². The molecule has 11 heteroatoms. The highest BCUT2D eigenvalue weighted by molar-refractivity contribution is 5.83. The standard InChI is InChI=1S/C22H21FN6O4/c1-11-10-25-20(27-13-4-6-14(23)17(9-13)33-22(2,3)19(24)30)29-18(11)26-12-5-7-16-15(8-12)28-21(31)32-16/h4-10H,1-3H3,(H2,24,30)(H,28,31)(H2,25,26,27,29). The maximum absolute atomic E-state index is 14.2. The molecule has 0 aliphatic carbocycles. The summed E-state index contributed by atoms with van der Waals surface area (Å²) in [6, 6.07) is 9.21. The lowest BCUT2D eigenvalue weighted by molar-refractivity contribution is -0.130. The van der Waals surface area contributed by atoms with Crippen molar-refractivity contribution in [3.63, 3.8) is 0 Å². The van der Waals surface area contributed by atoms with Crippen molar-refractivity contribution in [2.24, 2.45) is 5.73 Å². The van der Waals surface area contributed by atoms with Crippen molar-refractivity contribution in [1.29, 1.82) is 0 Å². The Morgan fingerprint density at radius 1 is 1.18 bits per heavy atom. The summed E-state index contributed by atoms with van der Waals surface area (Å²) in [5, 5.41) is 6.16. The van der Waals surface area contributed by atoms with E-state index in [9.17, 15) is 14.0 Å². The number of rotatable bonds is 7. The molecule has 0 bridgehead atoms. The topological polar surface area (TPSA) is 148 Å². The Balaban J connectivity index is 1.57. The second-order valence-corrected chi connectivity index (χ2v) is 7.82. The van der Waals surface area contributed by atoms with Crippen molar-refractivity contribution in [1.82, 2.24) is 15.0 Å². The summed E-state index contributed by atoms with van der Waals surface area (Å²) in [5.41, 5.74) is 6.80. The number of oxazole rings is 1. The third-order valence-electron chi connectivity index (χ3n) is 4.80. The van der Waals surface area contributed by atoms with Crippen LogP contribution in [-0.4, -0.2) is 26.5 Å². The zero-order valence-corrected chi connectivity index (χ0v) is 18.0. The smallest absolute Gasteiger partial charge is 0.417 e. The minimum Gasteiger partial charge on any atom is -0.475 e. The van der Waals surface area contributed by atoms with E-state index >= 15 is 0 Å². The largest absolute Gasteiger partial charge is 0.475 e. The van der Waals surface area contributed by atoms with Gasteiger partial charge in [-0.05, 0) is 51.1 Å². The van der Waals surface area contributed by atoms with Gasteiger partial charge < -0.3 is 25.5 Å². The van der Waals surface area contributed by atoms with Gasteiger partial charge in [0.25, 0.3) is 5.91 Å². The minimum absolute atomic E-state index is 0.142. The average molecular weight is 452 g/mol. The fourth-order valence-corrected chi connectivity index (χ4v) is 2.91. The first-order valence-corrected chi connectivity index (χ1v) is 9.90. The number of carbonyl (C=O) groups excluding carboxylic acids is 1. The number of nitrogens with one attached hydrogen (secondary N) is 3. The van der Waals surface area contributed by atoms with E-state index in [0.29, 0.717) is 28.3 Å². The molecule has 0 radical (unpaired) electrons. The molecule has 4 rings (SSSR count). The second-order valence-electron chi connectivity index (χ2n) is 7.82. The molecule has 0 fully saturated rings. The molecule has 2 aromatic heterocycles. The number of H-pyrrole nitrogens is 1. The molecule has 33 heavy (non-hydrogen) atoms. The summed E-state index contributed by atoms with van der Waals surface area (Å²) in [4.78, 5) is 34.2. The van der Waals surface area contributed by atoms with E-state index in [0.717, 1.165) is 5.56 Å². The SMILES string of the molecule is Cc1cnc(Nc2ccc(F)c(OC(C)(C)C(N)=O)c2)nc1Nc1ccc2oc(=O)[nH]c2c1. The summed E-state index contributed by atoms with van der Waals surface area (Å²) in [6.07, 6.45) is 1.62. The van der Waals surface area contributed by atoms with E-state index in [1.807, 2.05) is 6.92 Å². The number of hydrogen-bond donors (Lipinski definition) is 4. The van der Waals surface area contributed by atoms with E-state index in [1.54, 1.807) is 24.4 Å². The molecule has 0 saturated heterocycles. The molecule has 2 heterocycles. The van der Waals surface area contributed by atoms with Gasteiger partial charge in [-0.15, -0.1) is 0 Å². The molecule has 5 N–H and O–H groups in total. The number of halogens is 1. The van der Waals surface area contributed by atoms with Gasteiger partial charge in [-0.1, -0.05) is 0 Å². The first kappa shape index (κ1) is 21.8. The minimum atomic E-state index is -1.39. The van der Waals surface area contributed by atoms with Crippen molar-refractivity contribution in [3.8, 4) is 5.75 Å². The molecule has 0 aliphatic rings. The van der Waals surface area contributed by atoms with E-state index in [1.165, 1.54) is 32.0 Å². The Morgan fingerprint density at radius 3 is 2.67 bits per heavy atom. The first-order chi connectivity index (χ1) is 15.6. The molecular formula is C22H21FN6O4. The van der Waals surface area contributed by atoms with Crippen LogP contribution in [0.25, 0.3) is 11.1 Å². The molecule has 0 unspecified atom stereocenters. The Morgan fingerprint density at radius 2 is 1.91 bits per heavy atom. The van der Waals surface area contributed by atoms with E-state index in [4.69, 9.17) is 14.9 Å². The highest BCUT2D eigenvalue weighted by Gasteiger charge is 2.28. The summed E-state index contributed by atoms with van der Waals surface area (Å²) >= 11 is 0. The third-order valence-corrected chi connectivity index (χ3v) is 4.80. The van der Waals surface area contributed by atoms with E-state index in [-0.39, 0.29) is 11.7 Å². The van der Waals surface area contributed by atoms with Gasteiger partial charge in [-0.25, -0.2) is 14.2 Å². The van der Waals surface area contributed by atoms with Gasteiger partial charge in [-0.2, -0.15) is 4.98 Å². The number of hydrogen-bond acceptors (Lipinski definition) is 8. The number of primary amides is 1. The Hall–Kier alpha value is -4.41. The van der Waals surface area contributed by atoms with Crippen LogP contribution in [0.4, 0.5) is 27.5 Å². The second kappa shape index (κ2) is 8.26. The Labute approximate surface area is 187 Å². The molecule has 0 spiro atoms. The fraction of sp³-hybridized carbons (Fsp3) is 0.182. The lowest BCUT2D eigenvalue weighted by Crippen LogP contribution is -2.43. The fourth-order valence-electron chi connectivity index (χ4n) is 2.91. The highest BCUT2D eigenvalue weighted by Crippen LogP contribution is 2.28. The number of amides is 1. The molecule has 0 aliphatic heterocycles. The lowest BCUT2D eigenvalue weighted by atomic mass is 10.1. The monoisotopic (exact) mass is 452 g/mol. The van der Waals surface area contributed by atoms with Crippen LogP contribution in [0.1, 0.15) is 19.4 Å². The lowest BCUT2D eigenvalue weighted by Gasteiger charge is -2.23. The van der Waals surface area contributed by atoms with Crippen molar-refractivity contribution < 1.29 is 18.3 Å². The Bertz CT molecular complexity index is 1410. The van der Waals surface area contributed by atoms with Gasteiger partial charge in [0.15, 0.2) is 22.8 Å². The van der Waals surface area contributed by atoms with Crippen molar-refractivity contribution in [2.45, 2.75) is 26.4 Å². The highest BCUT2D eigenvalue weighted by atomic mass is 19.1. The van der Waals surface area contributed by atoms with Gasteiger partial charge in [0, 0.05) is 29.2 Å². The number of aromatic nitrogens is 3. The van der Waals surface area contributed by atoms with Crippen molar-refractivity contribution >= 4 is 40.1 Å². The predicted octanol–water partition coefficient (Wildman–Crippen LogP) is 3.49. The number of nitrogens with zero attached hydrogens (tertiary/aromatic N) is 2. The van der Waals surface area contributed by atoms with Crippen LogP contribution in [0.15, 0.2) is 51.8 Å². The first-order valence-electron chi connectivity index (χ1n) is 9.90. The van der Waals surface area contributed by atoms with Crippen LogP contribution in [0, 0.1) is 12.7 Å². The maximum Gasteiger partial charge on any atom is 0.417 e. The predicted molar refractivity (Wildman–Crippen MR) is 120 cm³/mol. The van der Waals surface area contributed by atoms with Crippen LogP contribution in [-0.2, 0) is 4.79 Å². The number of carbonyl (C=O) groups is 1. The average Bonchev–Trinajstić information content (AvgIpc) is 3.12. The normalized spacial score (nSPS) is 11.4. The van der Waals surface area contributed by atoms with Crippen molar-refractivity contribution in [3.05, 3.63) is 64.5 Å². The summed E-state index contributed by atoms with van der Waals surface area (Å²) in [6.45, 7) is 4.74. The number of nitrogens with two attached hydrogens (primary N) is 1. The molecule has 0 saturated carbocycles. The molecular weight excluding hydrogens is 431 g/mol. The Kier molecular flexibility index (Phi) is 5.46. The summed E-state index contributed by atoms with van der Waals surface area (Å²) in [7, 11) is 0. The molecule has 0 atom stereocenters. The molecule has 10 nitrogen and oxygen atoms in total. The number of anilines is 4. The number of aryl methyl sites for hydroxylation is 1. The van der Waals surface area contributed by atoms with Crippen LogP contribution >= 0.6 is 0 Å². The van der Waals surface area contributed by atoms with Gasteiger partial charge in [0.05, 0.1) is 5.52 Å². The van der Waals surface area contributed by atoms with Crippen LogP contribution < -0.4 is 26.9 Å². The zero-order chi connectivity index (χ0) is 23.8. The van der Waals surface area contributed by atoms with Gasteiger partial charge in [0.2, 0.25) is 5.95 Å². The van der Waals surface area contributed by atoms with Gasteiger partial charge in [-0.3, -0.25) is 9.78 Å². The van der Waals surface area contributed by atoms with E-state index < -0.39 is 23.1 Å². The van der Waals surface area contributed by atoms with Crippen molar-refractivity contribution in [2.75, 3.05) is 10.6 Å². The number of aromatic amines is 1. The van der Waals surface area contributed by atoms with Crippen LogP contribution in [0.2, 0.25) is 0 Å². The summed E-state index contributed by atoms with van der Waals surface area (Å²) < 4.78 is 24.7. The van der Waals surface area contributed by atoms with Crippen LogP contribution in [0.3, 0.4) is 0 Å². The van der Waals surface area contributed by atoms with Gasteiger partial charge >= 0.3 is 5.76 Å².